The molecule has 5 nitrogen and oxygen atoms in total. The van der Waals surface area contributed by atoms with Crippen molar-refractivity contribution in [2.75, 3.05) is 0 Å². The van der Waals surface area contributed by atoms with E-state index in [1.54, 1.807) is 30.3 Å². The fourth-order valence-corrected chi connectivity index (χ4v) is 3.68. The highest BCUT2D eigenvalue weighted by atomic mass is 32.2. The number of rotatable bonds is 2. The lowest BCUT2D eigenvalue weighted by molar-refractivity contribution is 0.0699. The first kappa shape index (κ1) is 13.9. The maximum Gasteiger partial charge on any atom is 0.336 e. The summed E-state index contributed by atoms with van der Waals surface area (Å²) < 4.78 is 32.1. The Labute approximate surface area is 130 Å². The summed E-state index contributed by atoms with van der Waals surface area (Å²) in [6, 6.07) is 13.0. The Bertz CT molecular complexity index is 1190. The monoisotopic (exact) mass is 326 g/mol. The molecule has 0 bridgehead atoms. The molecule has 0 spiro atoms. The molecule has 0 amide bonds. The molecule has 0 radical (unpaired) electrons. The van der Waals surface area contributed by atoms with Gasteiger partial charge in [-0.3, -0.25) is 4.55 Å². The molecule has 0 unspecified atom stereocenters. The standard InChI is InChI=1S/C17H10O5S/c18-17(19)14-6-3-9-1-2-10-7-12(23(20,21)22)8-11-4-5-13(14)16(9)15(10)11/h1-8H,(H,18,19)(H,20,21,22). The van der Waals surface area contributed by atoms with E-state index in [4.69, 9.17) is 0 Å². The molecule has 0 aliphatic rings. The minimum absolute atomic E-state index is 0.179. The minimum atomic E-state index is -4.31. The van der Waals surface area contributed by atoms with Gasteiger partial charge in [0.2, 0.25) is 0 Å². The molecule has 0 fully saturated rings. The number of aromatic carboxylic acids is 1. The van der Waals surface area contributed by atoms with Crippen LogP contribution in [0.4, 0.5) is 0 Å². The number of hydrogen-bond acceptors (Lipinski definition) is 3. The van der Waals surface area contributed by atoms with Gasteiger partial charge >= 0.3 is 5.97 Å². The second-order valence-corrected chi connectivity index (χ2v) is 6.84. The zero-order valence-electron chi connectivity index (χ0n) is 11.6. The van der Waals surface area contributed by atoms with Gasteiger partial charge in [0.05, 0.1) is 10.5 Å². The van der Waals surface area contributed by atoms with Gasteiger partial charge < -0.3 is 5.11 Å². The Hall–Kier alpha value is -2.70. The zero-order valence-corrected chi connectivity index (χ0v) is 12.5. The lowest BCUT2D eigenvalue weighted by Gasteiger charge is -2.13. The number of carboxylic acid groups (broad SMARTS) is 1. The van der Waals surface area contributed by atoms with Crippen LogP contribution in [-0.2, 0) is 10.1 Å². The molecule has 4 aromatic carbocycles. The zero-order chi connectivity index (χ0) is 16.4. The summed E-state index contributed by atoms with van der Waals surface area (Å²) in [4.78, 5) is 11.2. The van der Waals surface area contributed by atoms with Crippen molar-refractivity contribution in [1.29, 1.82) is 0 Å². The van der Waals surface area contributed by atoms with Gasteiger partial charge in [-0.1, -0.05) is 30.3 Å². The average molecular weight is 326 g/mol. The van der Waals surface area contributed by atoms with Crippen LogP contribution in [0.15, 0.2) is 53.4 Å². The van der Waals surface area contributed by atoms with Crippen molar-refractivity contribution >= 4 is 48.4 Å². The second-order valence-electron chi connectivity index (χ2n) is 5.41. The highest BCUT2D eigenvalue weighted by molar-refractivity contribution is 7.85. The average Bonchev–Trinajstić information content (AvgIpc) is 2.50. The smallest absolute Gasteiger partial charge is 0.336 e. The lowest BCUT2D eigenvalue weighted by Crippen LogP contribution is -2.00. The Balaban J connectivity index is 2.27. The normalized spacial score (nSPS) is 12.4. The molecule has 4 aromatic rings. The van der Waals surface area contributed by atoms with Crippen molar-refractivity contribution in [1.82, 2.24) is 0 Å². The van der Waals surface area contributed by atoms with E-state index in [9.17, 15) is 22.9 Å². The Morgan fingerprint density at radius 1 is 0.826 bits per heavy atom. The van der Waals surface area contributed by atoms with Crippen LogP contribution in [0.1, 0.15) is 10.4 Å². The quantitative estimate of drug-likeness (QED) is 0.434. The molecule has 6 heteroatoms. The highest BCUT2D eigenvalue weighted by Crippen LogP contribution is 2.37. The van der Waals surface area contributed by atoms with Crippen LogP contribution in [0.2, 0.25) is 0 Å². The molecule has 0 aliphatic carbocycles. The van der Waals surface area contributed by atoms with E-state index in [1.165, 1.54) is 12.1 Å². The van der Waals surface area contributed by atoms with Crippen LogP contribution in [0.3, 0.4) is 0 Å². The van der Waals surface area contributed by atoms with Crippen LogP contribution in [-0.4, -0.2) is 24.0 Å². The first-order valence-corrected chi connectivity index (χ1v) is 8.22. The number of carbonyl (C=O) groups is 1. The summed E-state index contributed by atoms with van der Waals surface area (Å²) in [7, 11) is -4.31. The molecule has 0 atom stereocenters. The molecule has 2 N–H and O–H groups in total. The van der Waals surface area contributed by atoms with E-state index < -0.39 is 16.1 Å². The first-order valence-electron chi connectivity index (χ1n) is 6.78. The van der Waals surface area contributed by atoms with E-state index in [0.717, 1.165) is 16.2 Å². The maximum atomic E-state index is 11.4. The molecular weight excluding hydrogens is 316 g/mol. The Morgan fingerprint density at radius 2 is 1.39 bits per heavy atom. The van der Waals surface area contributed by atoms with Crippen molar-refractivity contribution in [2.24, 2.45) is 0 Å². The summed E-state index contributed by atoms with van der Waals surface area (Å²) in [6.45, 7) is 0. The number of hydrogen-bond donors (Lipinski definition) is 2. The van der Waals surface area contributed by atoms with Gasteiger partial charge in [-0.2, -0.15) is 8.42 Å². The van der Waals surface area contributed by atoms with Gasteiger partial charge in [0, 0.05) is 0 Å². The van der Waals surface area contributed by atoms with E-state index in [2.05, 4.69) is 0 Å². The van der Waals surface area contributed by atoms with Crippen LogP contribution >= 0.6 is 0 Å². The lowest BCUT2D eigenvalue weighted by atomic mass is 9.92. The first-order chi connectivity index (χ1) is 10.9. The van der Waals surface area contributed by atoms with Crippen LogP contribution in [0.25, 0.3) is 32.3 Å². The molecular formula is C17H10O5S. The molecule has 4 rings (SSSR count). The third-order valence-electron chi connectivity index (χ3n) is 4.10. The van der Waals surface area contributed by atoms with Crippen molar-refractivity contribution in [3.05, 3.63) is 54.1 Å². The molecule has 0 saturated carbocycles. The number of benzene rings is 4. The second kappa shape index (κ2) is 4.41. The van der Waals surface area contributed by atoms with E-state index in [0.29, 0.717) is 16.2 Å². The largest absolute Gasteiger partial charge is 0.478 e. The summed E-state index contributed by atoms with van der Waals surface area (Å²) in [6.07, 6.45) is 0. The fourth-order valence-electron chi connectivity index (χ4n) is 3.13. The summed E-state index contributed by atoms with van der Waals surface area (Å²) in [5, 5.41) is 13.7. The van der Waals surface area contributed by atoms with Crippen molar-refractivity contribution < 1.29 is 22.9 Å². The van der Waals surface area contributed by atoms with Gasteiger partial charge in [0.1, 0.15) is 0 Å². The number of carboxylic acids is 1. The van der Waals surface area contributed by atoms with E-state index in [1.807, 2.05) is 6.07 Å². The van der Waals surface area contributed by atoms with Gasteiger partial charge in [-0.05, 0) is 50.5 Å². The van der Waals surface area contributed by atoms with Crippen molar-refractivity contribution in [3.63, 3.8) is 0 Å². The van der Waals surface area contributed by atoms with Gasteiger partial charge in [-0.15, -0.1) is 0 Å². The summed E-state index contributed by atoms with van der Waals surface area (Å²) >= 11 is 0. The molecule has 23 heavy (non-hydrogen) atoms. The van der Waals surface area contributed by atoms with E-state index in [-0.39, 0.29) is 10.5 Å². The van der Waals surface area contributed by atoms with Crippen LogP contribution in [0, 0.1) is 0 Å². The molecule has 0 aliphatic heterocycles. The summed E-state index contributed by atoms with van der Waals surface area (Å²) in [5.41, 5.74) is 0.200. The van der Waals surface area contributed by atoms with Gasteiger partial charge in [0.25, 0.3) is 10.1 Å². The molecule has 0 heterocycles. The van der Waals surface area contributed by atoms with Crippen molar-refractivity contribution in [3.8, 4) is 0 Å². The Kier molecular flexibility index (Phi) is 2.67. The van der Waals surface area contributed by atoms with E-state index >= 15 is 0 Å². The highest BCUT2D eigenvalue weighted by Gasteiger charge is 2.17. The van der Waals surface area contributed by atoms with Gasteiger partial charge in [-0.25, -0.2) is 4.79 Å². The predicted molar refractivity (Wildman–Crippen MR) is 86.9 cm³/mol. The third kappa shape index (κ3) is 1.96. The topological polar surface area (TPSA) is 91.7 Å². The minimum Gasteiger partial charge on any atom is -0.478 e. The maximum absolute atomic E-state index is 11.4. The molecule has 0 aromatic heterocycles. The SMILES string of the molecule is O=C(O)c1ccc2ccc3cc(S(=O)(=O)O)cc4ccc1c2c34. The van der Waals surface area contributed by atoms with Gasteiger partial charge in [0.15, 0.2) is 0 Å². The van der Waals surface area contributed by atoms with Crippen molar-refractivity contribution in [2.45, 2.75) is 4.90 Å². The molecule has 114 valence electrons. The Morgan fingerprint density at radius 3 is 2.00 bits per heavy atom. The summed E-state index contributed by atoms with van der Waals surface area (Å²) in [5.74, 6) is -1.01. The third-order valence-corrected chi connectivity index (χ3v) is 4.93. The van der Waals surface area contributed by atoms with Crippen LogP contribution in [0.5, 0.6) is 0 Å². The fraction of sp³-hybridized carbons (Fsp3) is 0. The van der Waals surface area contributed by atoms with Crippen LogP contribution < -0.4 is 0 Å². The predicted octanol–water partition coefficient (Wildman–Crippen LogP) is 3.53. The molecule has 0 saturated heterocycles.